The molecule has 1 saturated heterocycles. The Morgan fingerprint density at radius 2 is 1.84 bits per heavy atom. The minimum atomic E-state index is -0.228. The highest BCUT2D eigenvalue weighted by Gasteiger charge is 2.22. The van der Waals surface area contributed by atoms with E-state index < -0.39 is 0 Å². The van der Waals surface area contributed by atoms with Crippen molar-refractivity contribution in [2.75, 3.05) is 23.3 Å². The molecule has 0 amide bonds. The van der Waals surface area contributed by atoms with Crippen molar-refractivity contribution >= 4 is 22.3 Å². The molecule has 2 aromatic carbocycles. The van der Waals surface area contributed by atoms with Crippen molar-refractivity contribution < 1.29 is 9.50 Å². The molecule has 0 aliphatic carbocycles. The van der Waals surface area contributed by atoms with Crippen LogP contribution in [0.3, 0.4) is 0 Å². The molecular weight excluding hydrogens is 317 g/mol. The molecule has 0 unspecified atom stereocenters. The lowest BCUT2D eigenvalue weighted by atomic mass is 10.0. The second-order valence-electron chi connectivity index (χ2n) is 6.43. The highest BCUT2D eigenvalue weighted by Crippen LogP contribution is 2.34. The molecule has 1 aromatic heterocycles. The number of halogens is 1. The molecule has 0 bridgehead atoms. The number of benzene rings is 2. The fourth-order valence-corrected chi connectivity index (χ4v) is 3.38. The van der Waals surface area contributed by atoms with Gasteiger partial charge in [0.05, 0.1) is 11.2 Å². The van der Waals surface area contributed by atoms with Gasteiger partial charge in [-0.3, -0.25) is 10.1 Å². The summed E-state index contributed by atoms with van der Waals surface area (Å²) in [6.07, 6.45) is 3.60. The monoisotopic (exact) mass is 336 g/mol. The van der Waals surface area contributed by atoms with Crippen molar-refractivity contribution in [2.45, 2.75) is 18.9 Å². The maximum atomic E-state index is 13.0. The Morgan fingerprint density at radius 1 is 1.08 bits per heavy atom. The van der Waals surface area contributed by atoms with Gasteiger partial charge in [-0.1, -0.05) is 6.07 Å². The molecule has 3 aromatic rings. The largest absolute Gasteiger partial charge is 0.382 e. The Labute approximate surface area is 145 Å². The van der Waals surface area contributed by atoms with Gasteiger partial charge in [-0.2, -0.15) is 0 Å². The van der Waals surface area contributed by atoms with Crippen molar-refractivity contribution in [3.63, 3.8) is 0 Å². The van der Waals surface area contributed by atoms with Crippen LogP contribution in [0.15, 0.2) is 54.7 Å². The minimum Gasteiger partial charge on any atom is -0.382 e. The summed E-state index contributed by atoms with van der Waals surface area (Å²) < 4.78 is 13.0. The summed E-state index contributed by atoms with van der Waals surface area (Å²) in [4.78, 5) is 6.49. The second kappa shape index (κ2) is 6.59. The van der Waals surface area contributed by atoms with Gasteiger partial charge in [-0.25, -0.2) is 4.39 Å². The number of fused-ring (bicyclic) bond motifs is 1. The Kier molecular flexibility index (Phi) is 4.14. The van der Waals surface area contributed by atoms with Crippen LogP contribution in [0.25, 0.3) is 10.9 Å². The van der Waals surface area contributed by atoms with E-state index >= 15 is 0 Å². The van der Waals surface area contributed by atoms with Crippen LogP contribution >= 0.6 is 0 Å². The summed E-state index contributed by atoms with van der Waals surface area (Å²) >= 11 is 0. The van der Waals surface area contributed by atoms with Gasteiger partial charge >= 0.3 is 0 Å². The highest BCUT2D eigenvalue weighted by molar-refractivity contribution is 5.85. The van der Waals surface area contributed by atoms with Crippen LogP contribution in [0, 0.1) is 5.82 Å². The average molecular weight is 336 g/mol. The van der Waals surface area contributed by atoms with E-state index in [4.69, 9.17) is 0 Å². The number of hydrogen-bond donors (Lipinski definition) is 1. The molecule has 0 spiro atoms. The SMILES string of the molecule is [O]c1cc2cccnc2cc1N1CCC(Nc2ccc(F)cc2)CC1. The smallest absolute Gasteiger partial charge is 0.202 e. The van der Waals surface area contributed by atoms with Crippen LogP contribution < -0.4 is 10.2 Å². The topological polar surface area (TPSA) is 48.1 Å². The third kappa shape index (κ3) is 3.36. The number of piperidine rings is 1. The fourth-order valence-electron chi connectivity index (χ4n) is 3.38. The molecule has 0 saturated carbocycles. The molecule has 1 fully saturated rings. The molecule has 2 heterocycles. The van der Waals surface area contributed by atoms with Crippen molar-refractivity contribution in [1.82, 2.24) is 4.98 Å². The molecule has 1 radical (unpaired) electrons. The fraction of sp³-hybridized carbons (Fsp3) is 0.250. The molecule has 1 aliphatic rings. The maximum absolute atomic E-state index is 13.0. The third-order valence-electron chi connectivity index (χ3n) is 4.73. The first-order valence-corrected chi connectivity index (χ1v) is 8.52. The van der Waals surface area contributed by atoms with E-state index in [1.165, 1.54) is 12.1 Å². The number of rotatable bonds is 3. The summed E-state index contributed by atoms with van der Waals surface area (Å²) in [6.45, 7) is 1.62. The molecule has 0 atom stereocenters. The van der Waals surface area contributed by atoms with Crippen molar-refractivity contribution in [2.24, 2.45) is 0 Å². The molecule has 5 heteroatoms. The lowest BCUT2D eigenvalue weighted by molar-refractivity contribution is 0.354. The average Bonchev–Trinajstić information content (AvgIpc) is 2.64. The van der Waals surface area contributed by atoms with Crippen molar-refractivity contribution in [3.8, 4) is 5.75 Å². The van der Waals surface area contributed by atoms with Crippen LogP contribution in [0.4, 0.5) is 15.8 Å². The second-order valence-corrected chi connectivity index (χ2v) is 6.43. The molecule has 127 valence electrons. The van der Waals surface area contributed by atoms with Gasteiger partial charge in [0.25, 0.3) is 0 Å². The number of pyridine rings is 1. The first-order chi connectivity index (χ1) is 12.2. The summed E-state index contributed by atoms with van der Waals surface area (Å²) in [5, 5.41) is 16.7. The molecule has 1 N–H and O–H groups in total. The standard InChI is InChI=1S/C20H19FN3O/c21-15-3-5-16(6-4-15)23-17-7-10-24(11-8-17)19-13-18-14(12-20(19)25)2-1-9-22-18/h1-6,9,12-13,17,23H,7-8,10-11H2. The van der Waals surface area contributed by atoms with Gasteiger partial charge < -0.3 is 10.2 Å². The maximum Gasteiger partial charge on any atom is 0.202 e. The molecule has 25 heavy (non-hydrogen) atoms. The first kappa shape index (κ1) is 15.7. The summed E-state index contributed by atoms with van der Waals surface area (Å²) in [5.41, 5.74) is 2.51. The number of nitrogens with zero attached hydrogens (tertiary/aromatic N) is 2. The van der Waals surface area contributed by atoms with E-state index in [1.807, 2.05) is 18.2 Å². The molecule has 4 rings (SSSR count). The van der Waals surface area contributed by atoms with Crippen LogP contribution in [0.5, 0.6) is 5.75 Å². The number of anilines is 2. The Hall–Kier alpha value is -2.82. The summed E-state index contributed by atoms with van der Waals surface area (Å²) in [6, 6.07) is 14.1. The van der Waals surface area contributed by atoms with Crippen molar-refractivity contribution in [3.05, 3.63) is 60.5 Å². The van der Waals surface area contributed by atoms with Crippen molar-refractivity contribution in [1.29, 1.82) is 0 Å². The van der Waals surface area contributed by atoms with E-state index in [1.54, 1.807) is 24.4 Å². The quantitative estimate of drug-likeness (QED) is 0.760. The van der Waals surface area contributed by atoms with Crippen LogP contribution in [0.2, 0.25) is 0 Å². The van der Waals surface area contributed by atoms with Gasteiger partial charge in [-0.05, 0) is 55.3 Å². The molecule has 4 nitrogen and oxygen atoms in total. The summed E-state index contributed by atoms with van der Waals surface area (Å²) in [7, 11) is 0. The lowest BCUT2D eigenvalue weighted by Gasteiger charge is -2.34. The molecule has 1 aliphatic heterocycles. The van der Waals surface area contributed by atoms with E-state index in [-0.39, 0.29) is 11.6 Å². The van der Waals surface area contributed by atoms with Crippen LogP contribution in [0.1, 0.15) is 12.8 Å². The van der Waals surface area contributed by atoms with Gasteiger partial charge in [0.1, 0.15) is 5.82 Å². The minimum absolute atomic E-state index is 0.0467. The normalized spacial score (nSPS) is 15.5. The number of nitrogens with one attached hydrogen (secondary N) is 1. The van der Waals surface area contributed by atoms with Gasteiger partial charge in [0, 0.05) is 36.4 Å². The Morgan fingerprint density at radius 3 is 2.60 bits per heavy atom. The van der Waals surface area contributed by atoms with Gasteiger partial charge in [-0.15, -0.1) is 0 Å². The van der Waals surface area contributed by atoms with Crippen LogP contribution in [-0.2, 0) is 5.11 Å². The predicted octanol–water partition coefficient (Wildman–Crippen LogP) is 4.60. The highest BCUT2D eigenvalue weighted by atomic mass is 19.1. The van der Waals surface area contributed by atoms with E-state index in [2.05, 4.69) is 15.2 Å². The Balaban J connectivity index is 1.45. The number of hydrogen-bond acceptors (Lipinski definition) is 3. The van der Waals surface area contributed by atoms with E-state index in [0.29, 0.717) is 6.04 Å². The van der Waals surface area contributed by atoms with Gasteiger partial charge in [0.15, 0.2) is 0 Å². The zero-order valence-corrected chi connectivity index (χ0v) is 13.8. The zero-order chi connectivity index (χ0) is 17.2. The zero-order valence-electron chi connectivity index (χ0n) is 13.8. The summed E-state index contributed by atoms with van der Waals surface area (Å²) in [5.74, 6) is -0.182. The Bertz CT molecular complexity index is 874. The predicted molar refractivity (Wildman–Crippen MR) is 97.1 cm³/mol. The van der Waals surface area contributed by atoms with Gasteiger partial charge in [0.2, 0.25) is 5.75 Å². The molecular formula is C20H19FN3O. The lowest BCUT2D eigenvalue weighted by Crippen LogP contribution is -2.39. The first-order valence-electron chi connectivity index (χ1n) is 8.52. The van der Waals surface area contributed by atoms with E-state index in [0.717, 1.165) is 48.2 Å². The van der Waals surface area contributed by atoms with Crippen LogP contribution in [-0.4, -0.2) is 24.1 Å². The third-order valence-corrected chi connectivity index (χ3v) is 4.73. The number of aromatic nitrogens is 1. The van der Waals surface area contributed by atoms with E-state index in [9.17, 15) is 9.50 Å².